The molecule has 3 amide bonds. The minimum Gasteiger partial charge on any atom is -0.325 e. The van der Waals surface area contributed by atoms with E-state index in [2.05, 4.69) is 21.2 Å². The quantitative estimate of drug-likeness (QED) is 0.244. The number of carbonyl (C=O) groups excluding carboxylic acids is 3. The van der Waals surface area contributed by atoms with E-state index in [0.29, 0.717) is 30.5 Å². The number of halogens is 4. The predicted molar refractivity (Wildman–Crippen MR) is 161 cm³/mol. The van der Waals surface area contributed by atoms with Crippen molar-refractivity contribution in [1.82, 2.24) is 4.57 Å². The van der Waals surface area contributed by atoms with Crippen LogP contribution < -0.4 is 15.1 Å². The van der Waals surface area contributed by atoms with Gasteiger partial charge in [0.25, 0.3) is 0 Å². The van der Waals surface area contributed by atoms with Crippen LogP contribution >= 0.6 is 39.0 Å². The molecule has 0 bridgehead atoms. The van der Waals surface area contributed by atoms with Gasteiger partial charge in [0.15, 0.2) is 0 Å². The fraction of sp³-hybridized carbons (Fsp3) is 0.200. The number of anilines is 2. The monoisotopic (exact) mass is 687 g/mol. The van der Waals surface area contributed by atoms with Crippen molar-refractivity contribution in [2.75, 3.05) is 10.2 Å². The van der Waals surface area contributed by atoms with Gasteiger partial charge in [-0.2, -0.15) is 13.2 Å². The molecule has 7 nitrogen and oxygen atoms in total. The summed E-state index contributed by atoms with van der Waals surface area (Å²) in [5, 5.41) is 1.98. The molecular weight excluding hydrogens is 667 g/mol. The van der Waals surface area contributed by atoms with Crippen LogP contribution in [0.15, 0.2) is 87.1 Å². The first kappa shape index (κ1) is 29.4. The number of benzene rings is 3. The number of para-hydroxylation sites is 1. The lowest BCUT2D eigenvalue weighted by Crippen LogP contribution is -2.33. The zero-order valence-electron chi connectivity index (χ0n) is 22.2. The number of rotatable bonds is 5. The van der Waals surface area contributed by atoms with Gasteiger partial charge >= 0.3 is 11.0 Å². The number of aryl methyl sites for hydroxylation is 1. The van der Waals surface area contributed by atoms with Crippen LogP contribution in [-0.4, -0.2) is 27.5 Å². The summed E-state index contributed by atoms with van der Waals surface area (Å²) in [6.07, 6.45) is -4.80. The third-order valence-electron chi connectivity index (χ3n) is 7.34. The van der Waals surface area contributed by atoms with Gasteiger partial charge in [0, 0.05) is 21.0 Å². The van der Waals surface area contributed by atoms with E-state index in [9.17, 15) is 32.3 Å². The minimum absolute atomic E-state index is 0.340. The number of thioether (sulfide) groups is 1. The number of thiazole rings is 1. The Morgan fingerprint density at radius 2 is 1.70 bits per heavy atom. The number of alkyl halides is 3. The van der Waals surface area contributed by atoms with Gasteiger partial charge in [0.05, 0.1) is 22.2 Å². The van der Waals surface area contributed by atoms with E-state index in [1.807, 2.05) is 19.1 Å². The first-order valence-corrected chi connectivity index (χ1v) is 15.5. The molecule has 4 aromatic rings. The van der Waals surface area contributed by atoms with Crippen LogP contribution in [0.1, 0.15) is 27.5 Å². The van der Waals surface area contributed by atoms with Crippen molar-refractivity contribution < 1.29 is 27.6 Å². The number of fused-ring (bicyclic) bond motifs is 2. The van der Waals surface area contributed by atoms with E-state index in [1.165, 1.54) is 16.7 Å². The molecule has 0 aliphatic carbocycles. The summed E-state index contributed by atoms with van der Waals surface area (Å²) in [6, 6.07) is 18.6. The van der Waals surface area contributed by atoms with Gasteiger partial charge < -0.3 is 5.32 Å². The maximum Gasteiger partial charge on any atom is 0.418 e. The topological polar surface area (TPSA) is 88.5 Å². The fourth-order valence-corrected chi connectivity index (χ4v) is 8.63. The van der Waals surface area contributed by atoms with E-state index in [1.54, 1.807) is 36.4 Å². The number of hydrogen-bond donors (Lipinski definition) is 1. The summed E-state index contributed by atoms with van der Waals surface area (Å²) in [5.74, 6) is -3.94. The highest BCUT2D eigenvalue weighted by atomic mass is 79.9. The molecule has 0 saturated carbocycles. The van der Waals surface area contributed by atoms with Crippen molar-refractivity contribution in [2.24, 2.45) is 5.92 Å². The number of nitrogens with zero attached hydrogens (tertiary/aromatic N) is 2. The van der Waals surface area contributed by atoms with Crippen LogP contribution in [0.4, 0.5) is 24.5 Å². The molecule has 1 saturated heterocycles. The zero-order valence-corrected chi connectivity index (χ0v) is 25.4. The molecule has 1 aromatic heterocycles. The molecule has 1 N–H and O–H groups in total. The lowest BCUT2D eigenvalue weighted by Gasteiger charge is -2.30. The van der Waals surface area contributed by atoms with E-state index in [4.69, 9.17) is 0 Å². The third-order valence-corrected chi connectivity index (χ3v) is 10.4. The van der Waals surface area contributed by atoms with Crippen LogP contribution in [0.5, 0.6) is 0 Å². The second-order valence-electron chi connectivity index (χ2n) is 10.2. The van der Waals surface area contributed by atoms with Gasteiger partial charge in [-0.25, -0.2) is 4.90 Å². The van der Waals surface area contributed by atoms with Crippen LogP contribution in [0.3, 0.4) is 0 Å². The Balaban J connectivity index is 1.43. The SMILES string of the molecule is Cc1ccc(NC(=O)Cn2c3c(sc2=O)[C@H](c2cccc(Br)c2)C2C(=O)N(c4ccccc4C(F)(F)F)C(=O)C2S3)cc1. The van der Waals surface area contributed by atoms with Gasteiger partial charge in [-0.05, 0) is 48.9 Å². The Morgan fingerprint density at radius 3 is 2.40 bits per heavy atom. The Bertz CT molecular complexity index is 1840. The third kappa shape index (κ3) is 5.34. The highest BCUT2D eigenvalue weighted by Gasteiger charge is 2.57. The normalized spacial score (nSPS) is 19.7. The molecule has 3 heterocycles. The molecule has 6 rings (SSSR count). The van der Waals surface area contributed by atoms with Gasteiger partial charge in [0.1, 0.15) is 11.8 Å². The first-order valence-electron chi connectivity index (χ1n) is 13.0. The van der Waals surface area contributed by atoms with E-state index in [0.717, 1.165) is 40.8 Å². The van der Waals surface area contributed by atoms with Gasteiger partial charge in [-0.3, -0.25) is 23.7 Å². The Hall–Kier alpha value is -3.68. The van der Waals surface area contributed by atoms with E-state index < -0.39 is 57.1 Å². The summed E-state index contributed by atoms with van der Waals surface area (Å²) < 4.78 is 43.8. The highest BCUT2D eigenvalue weighted by Crippen LogP contribution is 2.54. The summed E-state index contributed by atoms with van der Waals surface area (Å²) in [4.78, 5) is 54.7. The van der Waals surface area contributed by atoms with Crippen molar-refractivity contribution in [1.29, 1.82) is 0 Å². The zero-order chi connectivity index (χ0) is 30.6. The van der Waals surface area contributed by atoms with Gasteiger partial charge in [-0.1, -0.05) is 81.0 Å². The smallest absolute Gasteiger partial charge is 0.325 e. The second-order valence-corrected chi connectivity index (χ2v) is 13.2. The molecule has 1 fully saturated rings. The molecule has 3 aromatic carbocycles. The van der Waals surface area contributed by atoms with Crippen LogP contribution in [0.25, 0.3) is 0 Å². The maximum absolute atomic E-state index is 14.0. The number of amides is 3. The molecule has 2 unspecified atom stereocenters. The lowest BCUT2D eigenvalue weighted by molar-refractivity contribution is -0.137. The summed E-state index contributed by atoms with van der Waals surface area (Å²) in [6.45, 7) is 1.56. The Morgan fingerprint density at radius 1 is 0.977 bits per heavy atom. The number of imide groups is 1. The predicted octanol–water partition coefficient (Wildman–Crippen LogP) is 6.43. The largest absolute Gasteiger partial charge is 0.418 e. The van der Waals surface area contributed by atoms with Gasteiger partial charge in [0.2, 0.25) is 17.7 Å². The molecule has 220 valence electrons. The molecule has 43 heavy (non-hydrogen) atoms. The second kappa shape index (κ2) is 11.1. The van der Waals surface area contributed by atoms with Crippen molar-refractivity contribution >= 4 is 68.1 Å². The molecule has 2 aliphatic heterocycles. The number of nitrogens with one attached hydrogen (secondary N) is 1. The molecule has 0 radical (unpaired) electrons. The molecule has 2 aliphatic rings. The van der Waals surface area contributed by atoms with E-state index in [-0.39, 0.29) is 6.54 Å². The molecular formula is C30H21BrF3N3O4S2. The minimum atomic E-state index is -4.80. The van der Waals surface area contributed by atoms with Crippen molar-refractivity contribution in [3.8, 4) is 0 Å². The Labute approximate surface area is 259 Å². The Kier molecular flexibility index (Phi) is 7.59. The molecule has 3 atom stereocenters. The van der Waals surface area contributed by atoms with Crippen LogP contribution in [0.2, 0.25) is 0 Å². The van der Waals surface area contributed by atoms with Crippen molar-refractivity contribution in [2.45, 2.75) is 35.8 Å². The van der Waals surface area contributed by atoms with E-state index >= 15 is 0 Å². The summed E-state index contributed by atoms with van der Waals surface area (Å²) in [5.41, 5.74) is 0.525. The average molecular weight is 689 g/mol. The highest BCUT2D eigenvalue weighted by molar-refractivity contribution is 9.10. The standard InChI is InChI=1S/C30H21BrF3N3O4S2/c1-15-9-11-18(12-10-15)35-21(38)14-36-28-25(43-29(36)41)22(16-5-4-6-17(31)13-16)23-24(42-28)27(40)37(26(23)39)20-8-3-2-7-19(20)30(32,33)34/h2-13,22-24H,14H2,1H3,(H,35,38)/t22-,23?,24?/m1/s1. The van der Waals surface area contributed by atoms with Crippen molar-refractivity contribution in [3.63, 3.8) is 0 Å². The molecule has 13 heteroatoms. The maximum atomic E-state index is 14.0. The van der Waals surface area contributed by atoms with Crippen LogP contribution in [0, 0.1) is 12.8 Å². The van der Waals surface area contributed by atoms with Gasteiger partial charge in [-0.15, -0.1) is 0 Å². The lowest BCUT2D eigenvalue weighted by atomic mass is 9.83. The van der Waals surface area contributed by atoms with Crippen LogP contribution in [-0.2, 0) is 27.1 Å². The number of hydrogen-bond acceptors (Lipinski definition) is 6. The fourth-order valence-electron chi connectivity index (χ4n) is 5.44. The summed E-state index contributed by atoms with van der Waals surface area (Å²) in [7, 11) is 0. The van der Waals surface area contributed by atoms with Crippen molar-refractivity contribution in [3.05, 3.63) is 109 Å². The summed E-state index contributed by atoms with van der Waals surface area (Å²) >= 11 is 5.23. The molecule has 0 spiro atoms. The average Bonchev–Trinajstić information content (AvgIpc) is 3.39. The number of aromatic nitrogens is 1. The number of carbonyl (C=O) groups is 3. The first-order chi connectivity index (χ1) is 20.4.